The third-order valence-corrected chi connectivity index (χ3v) is 3.87. The number of amides is 1. The molecular formula is C13H14BrF3N2O. The van der Waals surface area contributed by atoms with Gasteiger partial charge in [0.15, 0.2) is 0 Å². The van der Waals surface area contributed by atoms with Gasteiger partial charge in [0.05, 0.1) is 17.3 Å². The van der Waals surface area contributed by atoms with Crippen molar-refractivity contribution in [2.75, 3.05) is 11.9 Å². The first-order valence-electron chi connectivity index (χ1n) is 6.29. The van der Waals surface area contributed by atoms with E-state index >= 15 is 0 Å². The highest BCUT2D eigenvalue weighted by atomic mass is 79.9. The Labute approximate surface area is 123 Å². The van der Waals surface area contributed by atoms with Gasteiger partial charge in [-0.05, 0) is 53.5 Å². The second-order valence-corrected chi connectivity index (χ2v) is 5.54. The molecule has 3 nitrogen and oxygen atoms in total. The molecule has 1 aromatic rings. The van der Waals surface area contributed by atoms with Gasteiger partial charge in [0.2, 0.25) is 5.91 Å². The van der Waals surface area contributed by atoms with Crippen molar-refractivity contribution in [3.05, 3.63) is 28.2 Å². The maximum Gasteiger partial charge on any atom is 0.416 e. The molecule has 1 fully saturated rings. The molecule has 0 unspecified atom stereocenters. The molecule has 1 saturated heterocycles. The highest BCUT2D eigenvalue weighted by Gasteiger charge is 2.31. The molecule has 0 aromatic heterocycles. The van der Waals surface area contributed by atoms with Gasteiger partial charge < -0.3 is 10.6 Å². The highest BCUT2D eigenvalue weighted by Crippen LogP contribution is 2.34. The first kappa shape index (κ1) is 15.3. The molecule has 2 rings (SSSR count). The zero-order chi connectivity index (χ0) is 14.8. The van der Waals surface area contributed by atoms with Gasteiger partial charge in [-0.1, -0.05) is 6.42 Å². The predicted octanol–water partition coefficient (Wildman–Crippen LogP) is 3.55. The Morgan fingerprint density at radius 3 is 2.70 bits per heavy atom. The average molecular weight is 351 g/mol. The molecule has 0 bridgehead atoms. The second kappa shape index (κ2) is 6.13. The predicted molar refractivity (Wildman–Crippen MR) is 73.4 cm³/mol. The summed E-state index contributed by atoms with van der Waals surface area (Å²) in [6.07, 6.45) is -1.78. The van der Waals surface area contributed by atoms with Gasteiger partial charge >= 0.3 is 6.18 Å². The number of alkyl halides is 3. The van der Waals surface area contributed by atoms with Crippen LogP contribution in [0.5, 0.6) is 0 Å². The Bertz CT molecular complexity index is 499. The standard InChI is InChI=1S/C13H14BrF3N2O/c14-9-5-4-8(13(15,16)17)7-11(9)19-12(20)10-3-1-2-6-18-10/h4-5,7,10,18H,1-3,6H2,(H,19,20)/t10-/m0/s1. The number of piperidine rings is 1. The van der Waals surface area contributed by atoms with Gasteiger partial charge in [-0.15, -0.1) is 0 Å². The van der Waals surface area contributed by atoms with E-state index in [1.54, 1.807) is 0 Å². The summed E-state index contributed by atoms with van der Waals surface area (Å²) in [4.78, 5) is 12.0. The fraction of sp³-hybridized carbons (Fsp3) is 0.462. The Balaban J connectivity index is 2.13. The van der Waals surface area contributed by atoms with Crippen LogP contribution in [0.2, 0.25) is 0 Å². The summed E-state index contributed by atoms with van der Waals surface area (Å²) in [5, 5.41) is 5.60. The zero-order valence-corrected chi connectivity index (χ0v) is 12.1. The van der Waals surface area contributed by atoms with E-state index in [9.17, 15) is 18.0 Å². The molecule has 1 atom stereocenters. The van der Waals surface area contributed by atoms with Crippen molar-refractivity contribution >= 4 is 27.5 Å². The number of hydrogen-bond acceptors (Lipinski definition) is 2. The molecule has 0 saturated carbocycles. The summed E-state index contributed by atoms with van der Waals surface area (Å²) >= 11 is 3.15. The van der Waals surface area contributed by atoms with Crippen LogP contribution in [0.3, 0.4) is 0 Å². The maximum absolute atomic E-state index is 12.7. The lowest BCUT2D eigenvalue weighted by atomic mass is 10.0. The van der Waals surface area contributed by atoms with Crippen molar-refractivity contribution < 1.29 is 18.0 Å². The van der Waals surface area contributed by atoms with Gasteiger partial charge in [0.1, 0.15) is 0 Å². The number of rotatable bonds is 2. The largest absolute Gasteiger partial charge is 0.416 e. The van der Waals surface area contributed by atoms with E-state index in [0.717, 1.165) is 31.5 Å². The van der Waals surface area contributed by atoms with E-state index in [1.165, 1.54) is 6.07 Å². The third kappa shape index (κ3) is 3.73. The number of anilines is 1. The van der Waals surface area contributed by atoms with Crippen LogP contribution in [0.4, 0.5) is 18.9 Å². The van der Waals surface area contributed by atoms with Gasteiger partial charge in [0.25, 0.3) is 0 Å². The number of carbonyl (C=O) groups is 1. The molecule has 1 aliphatic heterocycles. The third-order valence-electron chi connectivity index (χ3n) is 3.18. The molecule has 1 aromatic carbocycles. The highest BCUT2D eigenvalue weighted by molar-refractivity contribution is 9.10. The van der Waals surface area contributed by atoms with Crippen LogP contribution in [0.1, 0.15) is 24.8 Å². The van der Waals surface area contributed by atoms with Crippen LogP contribution in [-0.4, -0.2) is 18.5 Å². The molecule has 2 N–H and O–H groups in total. The summed E-state index contributed by atoms with van der Waals surface area (Å²) in [5.41, 5.74) is -0.648. The fourth-order valence-corrected chi connectivity index (χ4v) is 2.44. The van der Waals surface area contributed by atoms with Gasteiger partial charge in [-0.3, -0.25) is 4.79 Å². The number of carbonyl (C=O) groups excluding carboxylic acids is 1. The van der Waals surface area contributed by atoms with Crippen molar-refractivity contribution in [2.24, 2.45) is 0 Å². The second-order valence-electron chi connectivity index (χ2n) is 4.68. The normalized spacial score (nSPS) is 19.7. The van der Waals surface area contributed by atoms with E-state index in [0.29, 0.717) is 10.9 Å². The van der Waals surface area contributed by atoms with Gasteiger partial charge in [-0.2, -0.15) is 13.2 Å². The molecular weight excluding hydrogens is 337 g/mol. The molecule has 1 heterocycles. The minimum atomic E-state index is -4.43. The summed E-state index contributed by atoms with van der Waals surface area (Å²) < 4.78 is 38.4. The Morgan fingerprint density at radius 1 is 1.35 bits per heavy atom. The minimum absolute atomic E-state index is 0.136. The van der Waals surface area contributed by atoms with Gasteiger partial charge in [0, 0.05) is 4.47 Å². The van der Waals surface area contributed by atoms with Crippen LogP contribution in [-0.2, 0) is 11.0 Å². The van der Waals surface area contributed by atoms with Crippen molar-refractivity contribution in [2.45, 2.75) is 31.5 Å². The van der Waals surface area contributed by atoms with Crippen molar-refractivity contribution in [1.29, 1.82) is 0 Å². The SMILES string of the molecule is O=C(Nc1cc(C(F)(F)F)ccc1Br)[C@@H]1CCCCN1. The van der Waals surface area contributed by atoms with Crippen molar-refractivity contribution in [3.8, 4) is 0 Å². The van der Waals surface area contributed by atoms with Gasteiger partial charge in [-0.25, -0.2) is 0 Å². The first-order chi connectivity index (χ1) is 9.38. The fourth-order valence-electron chi connectivity index (χ4n) is 2.09. The summed E-state index contributed by atoms with van der Waals surface area (Å²) in [6.45, 7) is 0.752. The molecule has 1 aliphatic rings. The lowest BCUT2D eigenvalue weighted by Gasteiger charge is -2.23. The zero-order valence-electron chi connectivity index (χ0n) is 10.6. The lowest BCUT2D eigenvalue weighted by Crippen LogP contribution is -2.43. The summed E-state index contributed by atoms with van der Waals surface area (Å²) in [7, 11) is 0. The summed E-state index contributed by atoms with van der Waals surface area (Å²) in [6, 6.07) is 2.85. The Hall–Kier alpha value is -1.08. The van der Waals surface area contributed by atoms with E-state index < -0.39 is 11.7 Å². The van der Waals surface area contributed by atoms with E-state index in [2.05, 4.69) is 26.6 Å². The smallest absolute Gasteiger partial charge is 0.324 e. The lowest BCUT2D eigenvalue weighted by molar-refractivity contribution is -0.137. The molecule has 0 aliphatic carbocycles. The van der Waals surface area contributed by atoms with E-state index in [-0.39, 0.29) is 17.6 Å². The Morgan fingerprint density at radius 2 is 2.10 bits per heavy atom. The molecule has 110 valence electrons. The monoisotopic (exact) mass is 350 g/mol. The molecule has 0 radical (unpaired) electrons. The average Bonchev–Trinajstić information content (AvgIpc) is 2.41. The van der Waals surface area contributed by atoms with Crippen molar-refractivity contribution in [3.63, 3.8) is 0 Å². The van der Waals surface area contributed by atoms with E-state index in [4.69, 9.17) is 0 Å². The number of nitrogens with one attached hydrogen (secondary N) is 2. The first-order valence-corrected chi connectivity index (χ1v) is 7.08. The molecule has 1 amide bonds. The molecule has 0 spiro atoms. The van der Waals surface area contributed by atoms with Crippen molar-refractivity contribution in [1.82, 2.24) is 5.32 Å². The van der Waals surface area contributed by atoms with Crippen LogP contribution in [0.25, 0.3) is 0 Å². The van der Waals surface area contributed by atoms with Crippen LogP contribution in [0, 0.1) is 0 Å². The molecule has 20 heavy (non-hydrogen) atoms. The van der Waals surface area contributed by atoms with Crippen LogP contribution in [0.15, 0.2) is 22.7 Å². The number of hydrogen-bond donors (Lipinski definition) is 2. The number of halogens is 4. The van der Waals surface area contributed by atoms with E-state index in [1.807, 2.05) is 0 Å². The van der Waals surface area contributed by atoms with Crippen LogP contribution < -0.4 is 10.6 Å². The maximum atomic E-state index is 12.7. The van der Waals surface area contributed by atoms with Crippen LogP contribution >= 0.6 is 15.9 Å². The topological polar surface area (TPSA) is 41.1 Å². The summed E-state index contributed by atoms with van der Waals surface area (Å²) in [5.74, 6) is -0.301. The quantitative estimate of drug-likeness (QED) is 0.856. The Kier molecular flexibility index (Phi) is 4.70. The number of benzene rings is 1. The minimum Gasteiger partial charge on any atom is -0.324 e. The molecule has 7 heteroatoms.